The minimum atomic E-state index is -0.322. The largest absolute Gasteiger partial charge is 0.491 e. The Kier molecular flexibility index (Phi) is 4.52. The number of hydrogen-bond donors (Lipinski definition) is 1. The molecule has 1 N–H and O–H groups in total. The lowest BCUT2D eigenvalue weighted by atomic mass is 10.2. The van der Waals surface area contributed by atoms with Crippen LogP contribution in [0.25, 0.3) is 0 Å². The van der Waals surface area contributed by atoms with Gasteiger partial charge in [0.2, 0.25) is 0 Å². The van der Waals surface area contributed by atoms with Gasteiger partial charge >= 0.3 is 0 Å². The summed E-state index contributed by atoms with van der Waals surface area (Å²) in [6, 6.07) is 12.1. The van der Waals surface area contributed by atoms with E-state index in [4.69, 9.17) is 10.00 Å². The highest BCUT2D eigenvalue weighted by molar-refractivity contribution is 6.02. The van der Waals surface area contributed by atoms with E-state index in [0.717, 1.165) is 5.75 Å². The first-order valence-electron chi connectivity index (χ1n) is 6.52. The van der Waals surface area contributed by atoms with Gasteiger partial charge in [-0.15, -0.1) is 0 Å². The lowest BCUT2D eigenvalue weighted by molar-refractivity contribution is 0.102. The van der Waals surface area contributed by atoms with Crippen LogP contribution in [0.2, 0.25) is 0 Å². The van der Waals surface area contributed by atoms with Crippen molar-refractivity contribution in [1.82, 2.24) is 4.98 Å². The molecule has 1 heterocycles. The number of amides is 1. The number of nitrogens with zero attached hydrogens (tertiary/aromatic N) is 2. The average Bonchev–Trinajstić information content (AvgIpc) is 2.49. The highest BCUT2D eigenvalue weighted by atomic mass is 16.5. The van der Waals surface area contributed by atoms with E-state index in [1.807, 2.05) is 19.9 Å². The Morgan fingerprint density at radius 2 is 1.95 bits per heavy atom. The Morgan fingerprint density at radius 3 is 2.48 bits per heavy atom. The van der Waals surface area contributed by atoms with Crippen LogP contribution in [0, 0.1) is 11.3 Å². The molecule has 5 nitrogen and oxygen atoms in total. The van der Waals surface area contributed by atoms with Gasteiger partial charge < -0.3 is 10.1 Å². The van der Waals surface area contributed by atoms with Crippen molar-refractivity contribution in [2.75, 3.05) is 5.32 Å². The summed E-state index contributed by atoms with van der Waals surface area (Å²) in [5.41, 5.74) is 1.33. The molecule has 0 saturated heterocycles. The van der Waals surface area contributed by atoms with E-state index in [-0.39, 0.29) is 17.7 Å². The van der Waals surface area contributed by atoms with Gasteiger partial charge in [0.1, 0.15) is 17.5 Å². The van der Waals surface area contributed by atoms with Crippen molar-refractivity contribution in [3.8, 4) is 11.8 Å². The summed E-state index contributed by atoms with van der Waals surface area (Å²) in [5.74, 6) is 0.427. The summed E-state index contributed by atoms with van der Waals surface area (Å²) >= 11 is 0. The first-order valence-corrected chi connectivity index (χ1v) is 6.52. The standard InChI is InChI=1S/C16H15N3O2/c1-11(2)21-14-6-4-13(5-7-14)19-16(20)15-8-3-12(9-17)10-18-15/h3-8,10-11H,1-2H3,(H,19,20). The third-order valence-corrected chi connectivity index (χ3v) is 2.61. The van der Waals surface area contributed by atoms with Gasteiger partial charge in [0.15, 0.2) is 0 Å². The van der Waals surface area contributed by atoms with E-state index < -0.39 is 0 Å². The molecule has 0 aliphatic rings. The molecule has 1 aromatic heterocycles. The highest BCUT2D eigenvalue weighted by Gasteiger charge is 2.08. The Bertz CT molecular complexity index is 655. The van der Waals surface area contributed by atoms with E-state index in [1.54, 1.807) is 30.3 Å². The topological polar surface area (TPSA) is 75.0 Å². The second kappa shape index (κ2) is 6.53. The molecule has 0 aliphatic carbocycles. The number of hydrogen-bond acceptors (Lipinski definition) is 4. The Balaban J connectivity index is 2.03. The van der Waals surface area contributed by atoms with Gasteiger partial charge in [0.05, 0.1) is 11.7 Å². The Morgan fingerprint density at radius 1 is 1.24 bits per heavy atom. The van der Waals surface area contributed by atoms with Crippen LogP contribution in [-0.2, 0) is 0 Å². The predicted molar refractivity (Wildman–Crippen MR) is 79.1 cm³/mol. The zero-order valence-electron chi connectivity index (χ0n) is 11.8. The smallest absolute Gasteiger partial charge is 0.274 e. The van der Waals surface area contributed by atoms with Crippen LogP contribution in [0.5, 0.6) is 5.75 Å². The number of nitrogens with one attached hydrogen (secondary N) is 1. The zero-order chi connectivity index (χ0) is 15.2. The van der Waals surface area contributed by atoms with Crippen LogP contribution in [0.15, 0.2) is 42.6 Å². The van der Waals surface area contributed by atoms with Gasteiger partial charge in [-0.25, -0.2) is 4.98 Å². The number of pyridine rings is 1. The fourth-order valence-corrected chi connectivity index (χ4v) is 1.68. The van der Waals surface area contributed by atoms with Gasteiger partial charge in [0, 0.05) is 11.9 Å². The number of ether oxygens (including phenoxy) is 1. The summed E-state index contributed by atoms with van der Waals surface area (Å²) in [7, 11) is 0. The van der Waals surface area contributed by atoms with Gasteiger partial charge in [0.25, 0.3) is 5.91 Å². The number of aromatic nitrogens is 1. The molecule has 21 heavy (non-hydrogen) atoms. The molecule has 0 unspecified atom stereocenters. The van der Waals surface area contributed by atoms with E-state index in [9.17, 15) is 4.79 Å². The summed E-state index contributed by atoms with van der Waals surface area (Å²) in [4.78, 5) is 15.9. The fourth-order valence-electron chi connectivity index (χ4n) is 1.68. The Hall–Kier alpha value is -2.87. The number of nitriles is 1. The molecule has 2 rings (SSSR count). The van der Waals surface area contributed by atoms with Crippen molar-refractivity contribution in [1.29, 1.82) is 5.26 Å². The third kappa shape index (κ3) is 4.05. The molecule has 0 saturated carbocycles. The molecule has 5 heteroatoms. The second-order valence-corrected chi connectivity index (χ2v) is 4.69. The molecule has 0 fully saturated rings. The maximum absolute atomic E-state index is 12.0. The van der Waals surface area contributed by atoms with Crippen molar-refractivity contribution in [3.63, 3.8) is 0 Å². The summed E-state index contributed by atoms with van der Waals surface area (Å²) < 4.78 is 5.53. The first kappa shape index (κ1) is 14.5. The zero-order valence-corrected chi connectivity index (χ0v) is 11.8. The summed E-state index contributed by atoms with van der Waals surface area (Å²) in [5, 5.41) is 11.4. The van der Waals surface area contributed by atoms with E-state index in [0.29, 0.717) is 11.3 Å². The number of carbonyl (C=O) groups is 1. The molecular weight excluding hydrogens is 266 g/mol. The van der Waals surface area contributed by atoms with E-state index >= 15 is 0 Å². The van der Waals surface area contributed by atoms with Crippen LogP contribution in [0.3, 0.4) is 0 Å². The van der Waals surface area contributed by atoms with E-state index in [2.05, 4.69) is 10.3 Å². The molecule has 2 aromatic rings. The molecular formula is C16H15N3O2. The van der Waals surface area contributed by atoms with Crippen LogP contribution in [0.4, 0.5) is 5.69 Å². The third-order valence-electron chi connectivity index (χ3n) is 2.61. The minimum Gasteiger partial charge on any atom is -0.491 e. The molecule has 0 atom stereocenters. The molecule has 0 spiro atoms. The van der Waals surface area contributed by atoms with Gasteiger partial charge in [-0.1, -0.05) is 0 Å². The number of carbonyl (C=O) groups excluding carboxylic acids is 1. The van der Waals surface area contributed by atoms with Crippen LogP contribution < -0.4 is 10.1 Å². The van der Waals surface area contributed by atoms with Crippen LogP contribution in [-0.4, -0.2) is 17.0 Å². The Labute approximate surface area is 123 Å². The van der Waals surface area contributed by atoms with E-state index in [1.165, 1.54) is 12.3 Å². The number of anilines is 1. The summed E-state index contributed by atoms with van der Waals surface area (Å²) in [6.45, 7) is 3.90. The normalized spacial score (nSPS) is 10.0. The molecule has 106 valence electrons. The molecule has 1 aromatic carbocycles. The van der Waals surface area contributed by atoms with Crippen molar-refractivity contribution in [2.45, 2.75) is 20.0 Å². The van der Waals surface area contributed by atoms with Gasteiger partial charge in [-0.3, -0.25) is 4.79 Å². The minimum absolute atomic E-state index is 0.105. The monoisotopic (exact) mass is 281 g/mol. The van der Waals surface area contributed by atoms with Gasteiger partial charge in [-0.05, 0) is 50.2 Å². The first-order chi connectivity index (χ1) is 10.1. The van der Waals surface area contributed by atoms with Crippen molar-refractivity contribution in [2.24, 2.45) is 0 Å². The van der Waals surface area contributed by atoms with Crippen LogP contribution in [0.1, 0.15) is 29.9 Å². The maximum Gasteiger partial charge on any atom is 0.274 e. The van der Waals surface area contributed by atoms with Crippen molar-refractivity contribution >= 4 is 11.6 Å². The SMILES string of the molecule is CC(C)Oc1ccc(NC(=O)c2ccc(C#N)cn2)cc1. The fraction of sp³-hybridized carbons (Fsp3) is 0.188. The number of benzene rings is 1. The average molecular weight is 281 g/mol. The second-order valence-electron chi connectivity index (χ2n) is 4.69. The summed E-state index contributed by atoms with van der Waals surface area (Å²) in [6.07, 6.45) is 1.47. The van der Waals surface area contributed by atoms with Crippen LogP contribution >= 0.6 is 0 Å². The molecule has 0 aliphatic heterocycles. The lowest BCUT2D eigenvalue weighted by Crippen LogP contribution is -2.13. The molecule has 0 radical (unpaired) electrons. The van der Waals surface area contributed by atoms with Crippen molar-refractivity contribution in [3.05, 3.63) is 53.9 Å². The highest BCUT2D eigenvalue weighted by Crippen LogP contribution is 2.17. The molecule has 1 amide bonds. The quantitative estimate of drug-likeness (QED) is 0.934. The number of rotatable bonds is 4. The predicted octanol–water partition coefficient (Wildman–Crippen LogP) is 2.99. The van der Waals surface area contributed by atoms with Gasteiger partial charge in [-0.2, -0.15) is 5.26 Å². The maximum atomic E-state index is 12.0. The lowest BCUT2D eigenvalue weighted by Gasteiger charge is -2.10. The molecule has 0 bridgehead atoms. The van der Waals surface area contributed by atoms with Crippen molar-refractivity contribution < 1.29 is 9.53 Å².